The number of ether oxygens (including phenoxy) is 1. The molecule has 0 spiro atoms. The van der Waals surface area contributed by atoms with Gasteiger partial charge in [0.05, 0.1) is 5.92 Å². The molecule has 6 nitrogen and oxygen atoms in total. The first-order valence-electron chi connectivity index (χ1n) is 5.59. The predicted molar refractivity (Wildman–Crippen MR) is 63.1 cm³/mol. The number of carboxylic acids is 1. The zero-order valence-electron chi connectivity index (χ0n) is 10.1. The Balaban J connectivity index is 2.44. The molecule has 1 aliphatic heterocycles. The molecule has 19 heavy (non-hydrogen) atoms. The van der Waals surface area contributed by atoms with Crippen molar-refractivity contribution in [1.82, 2.24) is 5.32 Å². The summed E-state index contributed by atoms with van der Waals surface area (Å²) in [4.78, 5) is 22.2. The van der Waals surface area contributed by atoms with Crippen LogP contribution < -0.4 is 15.8 Å². The highest BCUT2D eigenvalue weighted by Gasteiger charge is 2.41. The van der Waals surface area contributed by atoms with E-state index in [0.29, 0.717) is 0 Å². The van der Waals surface area contributed by atoms with Gasteiger partial charge in [-0.15, -0.1) is 0 Å². The molecule has 0 saturated heterocycles. The van der Waals surface area contributed by atoms with E-state index in [9.17, 15) is 19.1 Å². The smallest absolute Gasteiger partial charge is 0.315 e. The fraction of sp³-hybridized carbons (Fsp3) is 0.333. The van der Waals surface area contributed by atoms with Crippen LogP contribution in [0.5, 0.6) is 5.75 Å². The van der Waals surface area contributed by atoms with Gasteiger partial charge in [-0.25, -0.2) is 9.18 Å². The van der Waals surface area contributed by atoms with Crippen molar-refractivity contribution in [2.45, 2.75) is 25.0 Å². The lowest BCUT2D eigenvalue weighted by Gasteiger charge is -2.38. The van der Waals surface area contributed by atoms with Crippen LogP contribution in [0.3, 0.4) is 0 Å². The first kappa shape index (κ1) is 13.1. The van der Waals surface area contributed by atoms with Crippen LogP contribution >= 0.6 is 0 Å². The third kappa shape index (κ3) is 2.59. The number of nitrogens with one attached hydrogen (secondary N) is 1. The molecule has 1 aromatic carbocycles. The zero-order chi connectivity index (χ0) is 14.2. The van der Waals surface area contributed by atoms with Crippen LogP contribution in [0.1, 0.15) is 24.8 Å². The number of primary amides is 1. The molecule has 2 amide bonds. The molecule has 4 N–H and O–H groups in total. The zero-order valence-corrected chi connectivity index (χ0v) is 10.1. The lowest BCUT2D eigenvalue weighted by atomic mass is 9.87. The number of amides is 2. The van der Waals surface area contributed by atoms with Gasteiger partial charge in [-0.05, 0) is 25.1 Å². The van der Waals surface area contributed by atoms with Gasteiger partial charge in [-0.3, -0.25) is 4.79 Å². The van der Waals surface area contributed by atoms with Gasteiger partial charge in [-0.1, -0.05) is 0 Å². The largest absolute Gasteiger partial charge is 0.481 e. The van der Waals surface area contributed by atoms with E-state index in [1.54, 1.807) is 0 Å². The summed E-state index contributed by atoms with van der Waals surface area (Å²) < 4.78 is 18.7. The number of carbonyl (C=O) groups is 2. The molecule has 1 aliphatic rings. The van der Waals surface area contributed by atoms with Crippen LogP contribution in [0.25, 0.3) is 0 Å². The number of benzene rings is 1. The molecule has 0 saturated carbocycles. The van der Waals surface area contributed by atoms with Crippen molar-refractivity contribution in [2.24, 2.45) is 5.73 Å². The van der Waals surface area contributed by atoms with Crippen LogP contribution in [0.4, 0.5) is 9.18 Å². The minimum Gasteiger partial charge on any atom is -0.481 e. The molecule has 0 unspecified atom stereocenters. The number of fused-ring (bicyclic) bond motifs is 1. The van der Waals surface area contributed by atoms with E-state index in [-0.39, 0.29) is 17.7 Å². The number of aliphatic carboxylic acids is 1. The molecule has 0 bridgehead atoms. The summed E-state index contributed by atoms with van der Waals surface area (Å²) in [6.45, 7) is 1.51. The van der Waals surface area contributed by atoms with E-state index < -0.39 is 29.5 Å². The Morgan fingerprint density at radius 2 is 2.26 bits per heavy atom. The Morgan fingerprint density at radius 3 is 2.84 bits per heavy atom. The van der Waals surface area contributed by atoms with Crippen molar-refractivity contribution in [2.75, 3.05) is 0 Å². The Hall–Kier alpha value is -2.31. The second-order valence-electron chi connectivity index (χ2n) is 4.60. The van der Waals surface area contributed by atoms with Crippen molar-refractivity contribution >= 4 is 12.0 Å². The molecule has 7 heteroatoms. The van der Waals surface area contributed by atoms with Crippen LogP contribution in [0, 0.1) is 5.82 Å². The second-order valence-corrected chi connectivity index (χ2v) is 4.60. The third-order valence-electron chi connectivity index (χ3n) is 2.96. The number of hydrogen-bond donors (Lipinski definition) is 3. The van der Waals surface area contributed by atoms with E-state index >= 15 is 0 Å². The molecule has 0 radical (unpaired) electrons. The standard InChI is InChI=1S/C12H13FN2O4/c1-12(15-11(14)18)5-8(10(16)17)7-4-6(13)2-3-9(7)19-12/h2-4,8H,5H2,1H3,(H,16,17)(H3,14,15,18)/t8-,12+/m0/s1. The maximum absolute atomic E-state index is 13.2. The van der Waals surface area contributed by atoms with Crippen molar-refractivity contribution in [3.05, 3.63) is 29.6 Å². The van der Waals surface area contributed by atoms with Crippen LogP contribution in [0.15, 0.2) is 18.2 Å². The fourth-order valence-electron chi connectivity index (χ4n) is 2.23. The summed E-state index contributed by atoms with van der Waals surface area (Å²) in [7, 11) is 0. The highest BCUT2D eigenvalue weighted by Crippen LogP contribution is 2.40. The number of rotatable bonds is 2. The Bertz CT molecular complexity index is 549. The van der Waals surface area contributed by atoms with E-state index in [4.69, 9.17) is 10.5 Å². The maximum Gasteiger partial charge on any atom is 0.315 e. The highest BCUT2D eigenvalue weighted by atomic mass is 19.1. The van der Waals surface area contributed by atoms with E-state index in [1.807, 2.05) is 0 Å². The first-order valence-corrected chi connectivity index (χ1v) is 5.59. The maximum atomic E-state index is 13.2. The highest BCUT2D eigenvalue weighted by molar-refractivity contribution is 5.78. The topological polar surface area (TPSA) is 102 Å². The van der Waals surface area contributed by atoms with Crippen molar-refractivity contribution < 1.29 is 23.8 Å². The summed E-state index contributed by atoms with van der Waals surface area (Å²) in [6, 6.07) is 2.80. The summed E-state index contributed by atoms with van der Waals surface area (Å²) in [5.41, 5.74) is 4.05. The summed E-state index contributed by atoms with van der Waals surface area (Å²) in [5.74, 6) is -2.42. The van der Waals surface area contributed by atoms with Gasteiger partial charge in [0.25, 0.3) is 0 Å². The van der Waals surface area contributed by atoms with E-state index in [1.165, 1.54) is 13.0 Å². The molecule has 0 aliphatic carbocycles. The fourth-order valence-corrected chi connectivity index (χ4v) is 2.23. The quantitative estimate of drug-likeness (QED) is 0.749. The number of carbonyl (C=O) groups excluding carboxylic acids is 1. The molecule has 1 heterocycles. The average Bonchev–Trinajstić information content (AvgIpc) is 2.27. The minimum absolute atomic E-state index is 0.0400. The molecule has 102 valence electrons. The van der Waals surface area contributed by atoms with Gasteiger partial charge < -0.3 is 20.9 Å². The van der Waals surface area contributed by atoms with E-state index in [0.717, 1.165) is 12.1 Å². The van der Waals surface area contributed by atoms with Gasteiger partial charge in [0.2, 0.25) is 0 Å². The normalized spacial score (nSPS) is 25.1. The number of nitrogens with two attached hydrogens (primary N) is 1. The Kier molecular flexibility index (Phi) is 3.05. The van der Waals surface area contributed by atoms with Gasteiger partial charge in [0.15, 0.2) is 5.72 Å². The molecular formula is C12H13FN2O4. The molecule has 2 atom stereocenters. The summed E-state index contributed by atoms with van der Waals surface area (Å²) >= 11 is 0. The molecule has 0 aromatic heterocycles. The number of carboxylic acid groups (broad SMARTS) is 1. The van der Waals surface area contributed by atoms with Crippen LogP contribution in [-0.2, 0) is 4.79 Å². The van der Waals surface area contributed by atoms with Crippen molar-refractivity contribution in [1.29, 1.82) is 0 Å². The van der Waals surface area contributed by atoms with Crippen LogP contribution in [-0.4, -0.2) is 22.8 Å². The predicted octanol–water partition coefficient (Wildman–Crippen LogP) is 1.16. The van der Waals surface area contributed by atoms with Crippen LogP contribution in [0.2, 0.25) is 0 Å². The van der Waals surface area contributed by atoms with Gasteiger partial charge in [0, 0.05) is 12.0 Å². The summed E-state index contributed by atoms with van der Waals surface area (Å²) in [6.07, 6.45) is -0.0400. The average molecular weight is 268 g/mol. The Labute approximate surface area is 108 Å². The molecular weight excluding hydrogens is 255 g/mol. The number of halogens is 1. The van der Waals surface area contributed by atoms with Gasteiger partial charge in [-0.2, -0.15) is 0 Å². The van der Waals surface area contributed by atoms with E-state index in [2.05, 4.69) is 5.32 Å². The molecule has 1 aromatic rings. The van der Waals surface area contributed by atoms with Gasteiger partial charge >= 0.3 is 12.0 Å². The number of hydrogen-bond acceptors (Lipinski definition) is 3. The van der Waals surface area contributed by atoms with Crippen molar-refractivity contribution in [3.63, 3.8) is 0 Å². The molecule has 2 rings (SSSR count). The Morgan fingerprint density at radius 1 is 1.58 bits per heavy atom. The monoisotopic (exact) mass is 268 g/mol. The number of urea groups is 1. The second kappa shape index (κ2) is 4.42. The minimum atomic E-state index is -1.24. The van der Waals surface area contributed by atoms with Crippen molar-refractivity contribution in [3.8, 4) is 5.75 Å². The van der Waals surface area contributed by atoms with Gasteiger partial charge in [0.1, 0.15) is 11.6 Å². The first-order chi connectivity index (χ1) is 8.81. The summed E-state index contributed by atoms with van der Waals surface area (Å²) in [5, 5.41) is 11.6. The third-order valence-corrected chi connectivity index (χ3v) is 2.96. The SMILES string of the molecule is C[C@]1(NC(N)=O)C[C@H](C(=O)O)c2cc(F)ccc2O1. The lowest BCUT2D eigenvalue weighted by Crippen LogP contribution is -2.55. The lowest BCUT2D eigenvalue weighted by molar-refractivity contribution is -0.141. The molecule has 0 fully saturated rings.